The highest BCUT2D eigenvalue weighted by atomic mass is 32.1. The summed E-state index contributed by atoms with van der Waals surface area (Å²) in [5.41, 5.74) is 2.28. The average molecular weight is 383 g/mol. The van der Waals surface area contributed by atoms with Crippen LogP contribution in [0.3, 0.4) is 0 Å². The van der Waals surface area contributed by atoms with Crippen LogP contribution >= 0.6 is 11.3 Å². The maximum atomic E-state index is 12.6. The predicted molar refractivity (Wildman–Crippen MR) is 104 cm³/mol. The van der Waals surface area contributed by atoms with Gasteiger partial charge in [-0.1, -0.05) is 36.4 Å². The van der Waals surface area contributed by atoms with Gasteiger partial charge in [0.1, 0.15) is 12.4 Å². The van der Waals surface area contributed by atoms with Crippen LogP contribution in [-0.4, -0.2) is 40.0 Å². The third-order valence-electron chi connectivity index (χ3n) is 5.26. The van der Waals surface area contributed by atoms with E-state index in [0.29, 0.717) is 25.2 Å². The summed E-state index contributed by atoms with van der Waals surface area (Å²) in [5, 5.41) is 1.89. The molecule has 2 aromatic rings. The van der Waals surface area contributed by atoms with Crippen molar-refractivity contribution in [1.29, 1.82) is 0 Å². The lowest BCUT2D eigenvalue weighted by Crippen LogP contribution is -2.58. The Balaban J connectivity index is 1.43. The number of nitrogens with zero attached hydrogens (tertiary/aromatic N) is 3. The SMILES string of the molecule is C[C@H]1C[C@@]2(C=CC(=O)N2c2cscn2)CCN1C(=O)OCc1ccccc1. The molecule has 140 valence electrons. The van der Waals surface area contributed by atoms with Crippen LogP contribution < -0.4 is 4.90 Å². The Morgan fingerprint density at radius 1 is 1.37 bits per heavy atom. The summed E-state index contributed by atoms with van der Waals surface area (Å²) in [4.78, 5) is 32.8. The monoisotopic (exact) mass is 383 g/mol. The molecule has 6 nitrogen and oxygen atoms in total. The molecule has 1 aromatic heterocycles. The van der Waals surface area contributed by atoms with Crippen molar-refractivity contribution in [2.75, 3.05) is 11.4 Å². The largest absolute Gasteiger partial charge is 0.445 e. The zero-order valence-electron chi connectivity index (χ0n) is 15.1. The third-order valence-corrected chi connectivity index (χ3v) is 5.83. The van der Waals surface area contributed by atoms with Gasteiger partial charge in [0.05, 0.1) is 11.0 Å². The minimum absolute atomic E-state index is 0.0429. The molecule has 1 fully saturated rings. The Morgan fingerprint density at radius 2 is 2.19 bits per heavy atom. The molecule has 2 atom stereocenters. The standard InChI is InChI=1S/C20H21N3O3S/c1-15-11-20(8-7-18(24)23(20)17-13-27-14-21-17)9-10-22(15)19(25)26-12-16-5-3-2-4-6-16/h2-8,13-15H,9-12H2,1H3/t15-,20+/m0/s1. The number of aromatic nitrogens is 1. The molecule has 1 aromatic carbocycles. The fraction of sp³-hybridized carbons (Fsp3) is 0.350. The summed E-state index contributed by atoms with van der Waals surface area (Å²) in [6, 6.07) is 9.60. The fourth-order valence-corrected chi connectivity index (χ4v) is 4.46. The summed E-state index contributed by atoms with van der Waals surface area (Å²) in [6.07, 6.45) is 4.60. The first-order valence-corrected chi connectivity index (χ1v) is 9.92. The molecule has 0 radical (unpaired) electrons. The van der Waals surface area contributed by atoms with Crippen LogP contribution in [0, 0.1) is 0 Å². The van der Waals surface area contributed by atoms with Crippen LogP contribution in [0.2, 0.25) is 0 Å². The fourth-order valence-electron chi connectivity index (χ4n) is 3.94. The molecule has 27 heavy (non-hydrogen) atoms. The quantitative estimate of drug-likeness (QED) is 0.812. The van der Waals surface area contributed by atoms with E-state index in [1.54, 1.807) is 21.4 Å². The lowest BCUT2D eigenvalue weighted by molar-refractivity contribution is -0.114. The molecular weight excluding hydrogens is 362 g/mol. The van der Waals surface area contributed by atoms with Gasteiger partial charge in [0, 0.05) is 24.0 Å². The molecular formula is C20H21N3O3S. The van der Waals surface area contributed by atoms with Crippen molar-refractivity contribution in [1.82, 2.24) is 9.88 Å². The summed E-state index contributed by atoms with van der Waals surface area (Å²) in [6.45, 7) is 2.80. The molecule has 0 unspecified atom stereocenters. The van der Waals surface area contributed by atoms with Crippen molar-refractivity contribution in [3.8, 4) is 0 Å². The number of thiazole rings is 1. The first-order chi connectivity index (χ1) is 13.1. The van der Waals surface area contributed by atoms with E-state index in [4.69, 9.17) is 4.74 Å². The van der Waals surface area contributed by atoms with Gasteiger partial charge < -0.3 is 9.64 Å². The van der Waals surface area contributed by atoms with Crippen molar-refractivity contribution in [3.63, 3.8) is 0 Å². The van der Waals surface area contributed by atoms with Crippen LogP contribution in [0.1, 0.15) is 25.3 Å². The number of hydrogen-bond acceptors (Lipinski definition) is 5. The molecule has 0 saturated carbocycles. The zero-order valence-corrected chi connectivity index (χ0v) is 15.9. The molecule has 4 rings (SSSR count). The summed E-state index contributed by atoms with van der Waals surface area (Å²) in [5.74, 6) is 0.635. The van der Waals surface area contributed by atoms with Gasteiger partial charge in [-0.3, -0.25) is 9.69 Å². The van der Waals surface area contributed by atoms with Crippen molar-refractivity contribution >= 4 is 29.2 Å². The van der Waals surface area contributed by atoms with Crippen molar-refractivity contribution in [3.05, 3.63) is 58.9 Å². The minimum atomic E-state index is -0.416. The maximum Gasteiger partial charge on any atom is 0.410 e. The summed E-state index contributed by atoms with van der Waals surface area (Å²) >= 11 is 1.47. The Hall–Kier alpha value is -2.67. The van der Waals surface area contributed by atoms with Gasteiger partial charge >= 0.3 is 6.09 Å². The second kappa shape index (κ2) is 7.15. The number of benzene rings is 1. The topological polar surface area (TPSA) is 62.7 Å². The molecule has 0 N–H and O–H groups in total. The molecule has 2 aliphatic rings. The number of amides is 2. The second-order valence-corrected chi connectivity index (χ2v) is 7.71. The maximum absolute atomic E-state index is 12.6. The Bertz CT molecular complexity index is 853. The molecule has 7 heteroatoms. The molecule has 3 heterocycles. The van der Waals surface area contributed by atoms with Crippen LogP contribution in [0.4, 0.5) is 10.6 Å². The third kappa shape index (κ3) is 3.35. The normalized spacial score (nSPS) is 24.6. The van der Waals surface area contributed by atoms with Crippen molar-refractivity contribution in [2.45, 2.75) is 38.0 Å². The van der Waals surface area contributed by atoms with E-state index in [0.717, 1.165) is 5.56 Å². The van der Waals surface area contributed by atoms with Gasteiger partial charge in [0.25, 0.3) is 5.91 Å². The summed E-state index contributed by atoms with van der Waals surface area (Å²) in [7, 11) is 0. The first-order valence-electron chi connectivity index (χ1n) is 8.98. The van der Waals surface area contributed by atoms with Gasteiger partial charge in [0.2, 0.25) is 0 Å². The Morgan fingerprint density at radius 3 is 2.89 bits per heavy atom. The van der Waals surface area contributed by atoms with E-state index >= 15 is 0 Å². The number of piperidine rings is 1. The highest BCUT2D eigenvalue weighted by Crippen LogP contribution is 2.40. The van der Waals surface area contributed by atoms with Crippen LogP contribution in [-0.2, 0) is 16.1 Å². The van der Waals surface area contributed by atoms with Gasteiger partial charge in [-0.2, -0.15) is 0 Å². The molecule has 1 saturated heterocycles. The smallest absolute Gasteiger partial charge is 0.410 e. The van der Waals surface area contributed by atoms with E-state index in [9.17, 15) is 9.59 Å². The lowest BCUT2D eigenvalue weighted by Gasteiger charge is -2.46. The molecule has 2 amide bonds. The van der Waals surface area contributed by atoms with Crippen LogP contribution in [0.15, 0.2) is 53.4 Å². The zero-order chi connectivity index (χ0) is 18.9. The Kier molecular flexibility index (Phi) is 4.70. The summed E-state index contributed by atoms with van der Waals surface area (Å²) < 4.78 is 5.49. The lowest BCUT2D eigenvalue weighted by atomic mass is 9.83. The van der Waals surface area contributed by atoms with Gasteiger partial charge in [-0.05, 0) is 25.3 Å². The molecule has 0 aliphatic carbocycles. The predicted octanol–water partition coefficient (Wildman–Crippen LogP) is 3.61. The number of anilines is 1. The highest BCUT2D eigenvalue weighted by molar-refractivity contribution is 7.07. The van der Waals surface area contributed by atoms with Gasteiger partial charge in [-0.15, -0.1) is 11.3 Å². The van der Waals surface area contributed by atoms with Crippen molar-refractivity contribution in [2.24, 2.45) is 0 Å². The highest BCUT2D eigenvalue weighted by Gasteiger charge is 2.48. The second-order valence-electron chi connectivity index (χ2n) is 6.99. The van der Waals surface area contributed by atoms with Crippen molar-refractivity contribution < 1.29 is 14.3 Å². The van der Waals surface area contributed by atoms with Crippen LogP contribution in [0.25, 0.3) is 0 Å². The molecule has 0 bridgehead atoms. The van der Waals surface area contributed by atoms with E-state index in [1.165, 1.54) is 11.3 Å². The van der Waals surface area contributed by atoms with Crippen LogP contribution in [0.5, 0.6) is 0 Å². The number of carbonyl (C=O) groups is 2. The molecule has 2 aliphatic heterocycles. The number of carbonyl (C=O) groups excluding carboxylic acids is 2. The molecule has 1 spiro atoms. The van der Waals surface area contributed by atoms with Gasteiger partial charge in [-0.25, -0.2) is 9.78 Å². The van der Waals surface area contributed by atoms with E-state index in [-0.39, 0.29) is 24.6 Å². The van der Waals surface area contributed by atoms with E-state index in [2.05, 4.69) is 4.98 Å². The number of likely N-dealkylation sites (tertiary alicyclic amines) is 1. The average Bonchev–Trinajstić information content (AvgIpc) is 3.29. The first kappa shape index (κ1) is 17.7. The van der Waals surface area contributed by atoms with Gasteiger partial charge in [0.15, 0.2) is 0 Å². The van der Waals surface area contributed by atoms with E-state index in [1.807, 2.05) is 48.7 Å². The minimum Gasteiger partial charge on any atom is -0.445 e. The number of ether oxygens (including phenoxy) is 1. The number of rotatable bonds is 3. The number of hydrogen-bond donors (Lipinski definition) is 0. The Labute approximate surface area is 162 Å². The van der Waals surface area contributed by atoms with E-state index < -0.39 is 5.54 Å².